The van der Waals surface area contributed by atoms with Crippen LogP contribution in [0.3, 0.4) is 0 Å². The Morgan fingerprint density at radius 3 is 2.36 bits per heavy atom. The van der Waals surface area contributed by atoms with E-state index >= 15 is 0 Å². The van der Waals surface area contributed by atoms with Gasteiger partial charge < -0.3 is 19.2 Å². The monoisotopic (exact) mass is 381 g/mol. The molecule has 0 saturated carbocycles. The van der Waals surface area contributed by atoms with E-state index in [-0.39, 0.29) is 11.1 Å². The van der Waals surface area contributed by atoms with E-state index in [1.165, 1.54) is 39.7 Å². The lowest BCUT2D eigenvalue weighted by Crippen LogP contribution is -2.19. The number of aromatic amines is 1. The van der Waals surface area contributed by atoms with Crippen molar-refractivity contribution in [3.05, 3.63) is 63.9 Å². The number of hydrogen-bond acceptors (Lipinski definition) is 6. The summed E-state index contributed by atoms with van der Waals surface area (Å²) >= 11 is 0. The van der Waals surface area contributed by atoms with Gasteiger partial charge in [0, 0.05) is 11.1 Å². The largest absolute Gasteiger partial charge is 0.493 e. The van der Waals surface area contributed by atoms with Gasteiger partial charge in [-0.05, 0) is 29.7 Å². The maximum Gasteiger partial charge on any atom is 0.271 e. The minimum Gasteiger partial charge on any atom is -0.493 e. The zero-order valence-corrected chi connectivity index (χ0v) is 15.6. The van der Waals surface area contributed by atoms with E-state index in [1.54, 1.807) is 6.07 Å². The molecule has 0 bridgehead atoms. The lowest BCUT2D eigenvalue weighted by molar-refractivity contribution is 0.0954. The van der Waals surface area contributed by atoms with Crippen LogP contribution in [0.25, 0.3) is 10.9 Å². The normalized spacial score (nSPS) is 10.8. The molecular weight excluding hydrogens is 362 g/mol. The fourth-order valence-corrected chi connectivity index (χ4v) is 2.70. The van der Waals surface area contributed by atoms with Crippen LogP contribution >= 0.6 is 0 Å². The molecule has 1 heterocycles. The first-order valence-corrected chi connectivity index (χ1v) is 8.33. The van der Waals surface area contributed by atoms with Crippen molar-refractivity contribution in [2.45, 2.75) is 0 Å². The third kappa shape index (κ3) is 3.80. The minimum atomic E-state index is -0.493. The molecule has 28 heavy (non-hydrogen) atoms. The Kier molecular flexibility index (Phi) is 5.59. The Bertz CT molecular complexity index is 1080. The summed E-state index contributed by atoms with van der Waals surface area (Å²) in [7, 11) is 4.40. The molecule has 2 N–H and O–H groups in total. The van der Waals surface area contributed by atoms with Crippen molar-refractivity contribution < 1.29 is 19.0 Å². The van der Waals surface area contributed by atoms with Gasteiger partial charge >= 0.3 is 0 Å². The number of ether oxygens (including phenoxy) is 3. The van der Waals surface area contributed by atoms with Gasteiger partial charge in [0.2, 0.25) is 5.75 Å². The van der Waals surface area contributed by atoms with Crippen molar-refractivity contribution in [2.24, 2.45) is 5.10 Å². The zero-order valence-electron chi connectivity index (χ0n) is 15.6. The maximum atomic E-state index is 12.4. The fourth-order valence-electron chi connectivity index (χ4n) is 2.70. The Balaban J connectivity index is 1.82. The molecule has 2 aromatic carbocycles. The summed E-state index contributed by atoms with van der Waals surface area (Å²) in [6, 6.07) is 12.1. The van der Waals surface area contributed by atoms with Crippen LogP contribution in [0.1, 0.15) is 15.9 Å². The molecule has 8 heteroatoms. The number of para-hydroxylation sites is 1. The van der Waals surface area contributed by atoms with Crippen LogP contribution in [0.4, 0.5) is 0 Å². The second-order valence-corrected chi connectivity index (χ2v) is 5.75. The van der Waals surface area contributed by atoms with Crippen molar-refractivity contribution in [3.63, 3.8) is 0 Å². The number of hydrogen-bond donors (Lipinski definition) is 2. The molecule has 0 aliphatic rings. The zero-order chi connectivity index (χ0) is 20.1. The molecule has 1 amide bonds. The molecule has 0 unspecified atom stereocenters. The van der Waals surface area contributed by atoms with Crippen molar-refractivity contribution in [1.29, 1.82) is 0 Å². The molecule has 0 radical (unpaired) electrons. The van der Waals surface area contributed by atoms with Crippen molar-refractivity contribution >= 4 is 23.0 Å². The number of benzene rings is 2. The third-order valence-electron chi connectivity index (χ3n) is 4.08. The van der Waals surface area contributed by atoms with Gasteiger partial charge in [-0.15, -0.1) is 0 Å². The molecule has 0 fully saturated rings. The Hall–Kier alpha value is -3.81. The van der Waals surface area contributed by atoms with Crippen LogP contribution in [0.5, 0.6) is 17.2 Å². The first-order chi connectivity index (χ1) is 13.6. The maximum absolute atomic E-state index is 12.4. The number of fused-ring (bicyclic) bond motifs is 1. The SMILES string of the molecule is COc1cc(C(=O)NN=Cc2cc3ccccc3[nH]c2=O)cc(OC)c1OC. The van der Waals surface area contributed by atoms with Crippen molar-refractivity contribution in [3.8, 4) is 17.2 Å². The second-order valence-electron chi connectivity index (χ2n) is 5.75. The summed E-state index contributed by atoms with van der Waals surface area (Å²) in [6.07, 6.45) is 1.29. The minimum absolute atomic E-state index is 0.263. The molecule has 3 aromatic rings. The molecule has 1 aromatic heterocycles. The summed E-state index contributed by atoms with van der Waals surface area (Å²) in [5.74, 6) is 0.587. The number of methoxy groups -OCH3 is 3. The number of nitrogens with one attached hydrogen (secondary N) is 2. The van der Waals surface area contributed by atoms with E-state index in [0.717, 1.165) is 10.9 Å². The predicted molar refractivity (Wildman–Crippen MR) is 106 cm³/mol. The van der Waals surface area contributed by atoms with E-state index in [9.17, 15) is 9.59 Å². The number of pyridine rings is 1. The van der Waals surface area contributed by atoms with Crippen molar-refractivity contribution in [2.75, 3.05) is 21.3 Å². The number of H-pyrrole nitrogens is 1. The fraction of sp³-hybridized carbons (Fsp3) is 0.150. The highest BCUT2D eigenvalue weighted by molar-refractivity contribution is 5.96. The lowest BCUT2D eigenvalue weighted by Gasteiger charge is -2.13. The van der Waals surface area contributed by atoms with Crippen LogP contribution in [0.15, 0.2) is 52.4 Å². The number of hydrazone groups is 1. The first-order valence-electron chi connectivity index (χ1n) is 8.33. The van der Waals surface area contributed by atoms with Gasteiger partial charge in [-0.1, -0.05) is 18.2 Å². The van der Waals surface area contributed by atoms with Gasteiger partial charge in [0.25, 0.3) is 11.5 Å². The summed E-state index contributed by atoms with van der Waals surface area (Å²) in [5.41, 5.74) is 3.40. The summed E-state index contributed by atoms with van der Waals surface area (Å²) in [4.78, 5) is 27.3. The number of carbonyl (C=O) groups is 1. The molecule has 0 aliphatic heterocycles. The van der Waals surface area contributed by atoms with Gasteiger partial charge in [-0.3, -0.25) is 9.59 Å². The number of rotatable bonds is 6. The van der Waals surface area contributed by atoms with E-state index in [2.05, 4.69) is 15.5 Å². The number of aromatic nitrogens is 1. The van der Waals surface area contributed by atoms with E-state index in [1.807, 2.05) is 24.3 Å². The van der Waals surface area contributed by atoms with Gasteiger partial charge in [0.05, 0.1) is 33.1 Å². The topological polar surface area (TPSA) is 102 Å². The van der Waals surface area contributed by atoms with Gasteiger partial charge in [-0.25, -0.2) is 5.43 Å². The van der Waals surface area contributed by atoms with Gasteiger partial charge in [0.1, 0.15) is 0 Å². The number of nitrogens with zero attached hydrogens (tertiary/aromatic N) is 1. The smallest absolute Gasteiger partial charge is 0.271 e. The molecular formula is C20H19N3O5. The molecule has 0 saturated heterocycles. The molecule has 144 valence electrons. The van der Waals surface area contributed by atoms with E-state index in [4.69, 9.17) is 14.2 Å². The van der Waals surface area contributed by atoms with Gasteiger partial charge in [0.15, 0.2) is 11.5 Å². The first kappa shape index (κ1) is 19.0. The standard InChI is InChI=1S/C20H19N3O5/c1-26-16-9-13(10-17(27-2)18(16)28-3)20(25)23-21-11-14-8-12-6-4-5-7-15(12)22-19(14)24/h4-11H,1-3H3,(H,22,24)(H,23,25). The molecule has 0 aliphatic carbocycles. The summed E-state index contributed by atoms with van der Waals surface area (Å²) < 4.78 is 15.7. The highest BCUT2D eigenvalue weighted by Gasteiger charge is 2.16. The van der Waals surface area contributed by atoms with Crippen molar-refractivity contribution in [1.82, 2.24) is 10.4 Å². The number of amides is 1. The second kappa shape index (κ2) is 8.26. The van der Waals surface area contributed by atoms with Gasteiger partial charge in [-0.2, -0.15) is 5.10 Å². The molecule has 3 rings (SSSR count). The van der Waals surface area contributed by atoms with Crippen LogP contribution in [0, 0.1) is 0 Å². The highest BCUT2D eigenvalue weighted by Crippen LogP contribution is 2.38. The summed E-state index contributed by atoms with van der Waals surface area (Å²) in [6.45, 7) is 0. The molecule has 0 atom stereocenters. The Morgan fingerprint density at radius 2 is 1.71 bits per heavy atom. The predicted octanol–water partition coefficient (Wildman–Crippen LogP) is 2.32. The average Bonchev–Trinajstić information content (AvgIpc) is 2.72. The molecule has 0 spiro atoms. The highest BCUT2D eigenvalue weighted by atomic mass is 16.5. The lowest BCUT2D eigenvalue weighted by atomic mass is 10.1. The summed E-state index contributed by atoms with van der Waals surface area (Å²) in [5, 5.41) is 4.74. The Morgan fingerprint density at radius 1 is 1.04 bits per heavy atom. The number of carbonyl (C=O) groups excluding carboxylic acids is 1. The van der Waals surface area contributed by atoms with Crippen LogP contribution < -0.4 is 25.2 Å². The Labute approximate surface area is 160 Å². The van der Waals surface area contributed by atoms with Crippen LogP contribution in [-0.2, 0) is 0 Å². The van der Waals surface area contributed by atoms with Crippen LogP contribution in [-0.4, -0.2) is 38.4 Å². The van der Waals surface area contributed by atoms with E-state index in [0.29, 0.717) is 22.8 Å². The van der Waals surface area contributed by atoms with Crippen LogP contribution in [0.2, 0.25) is 0 Å². The molecule has 8 nitrogen and oxygen atoms in total. The average molecular weight is 381 g/mol. The third-order valence-corrected chi connectivity index (χ3v) is 4.08. The van der Waals surface area contributed by atoms with E-state index < -0.39 is 5.91 Å². The quantitative estimate of drug-likeness (QED) is 0.504.